The highest BCUT2D eigenvalue weighted by atomic mass is 79.9. The zero-order valence-electron chi connectivity index (χ0n) is 13.0. The van der Waals surface area contributed by atoms with Crippen molar-refractivity contribution in [2.75, 3.05) is 18.0 Å². The molecule has 1 aromatic rings. The Morgan fingerprint density at radius 2 is 1.85 bits per heavy atom. The van der Waals surface area contributed by atoms with Gasteiger partial charge >= 0.3 is 0 Å². The van der Waals surface area contributed by atoms with E-state index in [1.165, 1.54) is 18.5 Å². The first kappa shape index (κ1) is 15.8. The highest BCUT2D eigenvalue weighted by Gasteiger charge is 2.28. The molecule has 112 valence electrons. The summed E-state index contributed by atoms with van der Waals surface area (Å²) < 4.78 is 1.00. The highest BCUT2D eigenvalue weighted by Crippen LogP contribution is 2.36. The number of rotatable bonds is 2. The number of anilines is 1. The number of halogens is 1. The summed E-state index contributed by atoms with van der Waals surface area (Å²) in [6, 6.07) is 6.30. The predicted molar refractivity (Wildman–Crippen MR) is 89.2 cm³/mol. The van der Waals surface area contributed by atoms with Crippen LogP contribution in [0, 0.1) is 11.3 Å². The van der Waals surface area contributed by atoms with E-state index < -0.39 is 6.10 Å². The average molecular weight is 340 g/mol. The molecule has 0 bridgehead atoms. The Kier molecular flexibility index (Phi) is 4.80. The Balaban J connectivity index is 2.06. The molecule has 1 fully saturated rings. The second-order valence-electron chi connectivity index (χ2n) is 7.01. The zero-order chi connectivity index (χ0) is 14.9. The molecule has 1 atom stereocenters. The van der Waals surface area contributed by atoms with Crippen LogP contribution in [0.25, 0.3) is 0 Å². The molecule has 0 radical (unpaired) electrons. The van der Waals surface area contributed by atoms with Crippen LogP contribution < -0.4 is 4.90 Å². The molecule has 0 aromatic heterocycles. The molecule has 0 unspecified atom stereocenters. The van der Waals surface area contributed by atoms with E-state index in [-0.39, 0.29) is 0 Å². The van der Waals surface area contributed by atoms with Crippen molar-refractivity contribution in [1.82, 2.24) is 0 Å². The maximum absolute atomic E-state index is 9.69. The third-order valence-corrected chi connectivity index (χ3v) is 5.21. The molecule has 0 spiro atoms. The maximum Gasteiger partial charge on any atom is 0.0772 e. The number of aliphatic hydroxyl groups excluding tert-OH is 1. The average Bonchev–Trinajstić information content (AvgIpc) is 2.37. The molecule has 1 heterocycles. The zero-order valence-corrected chi connectivity index (χ0v) is 14.6. The van der Waals surface area contributed by atoms with Crippen molar-refractivity contribution in [2.45, 2.75) is 46.6 Å². The van der Waals surface area contributed by atoms with Crippen molar-refractivity contribution in [3.05, 3.63) is 28.2 Å². The molecule has 3 heteroatoms. The second-order valence-corrected chi connectivity index (χ2v) is 7.86. The van der Waals surface area contributed by atoms with Gasteiger partial charge in [-0.05, 0) is 48.8 Å². The van der Waals surface area contributed by atoms with E-state index in [0.29, 0.717) is 5.41 Å². The lowest BCUT2D eigenvalue weighted by Gasteiger charge is -2.39. The Morgan fingerprint density at radius 1 is 1.25 bits per heavy atom. The van der Waals surface area contributed by atoms with Crippen LogP contribution in [0.3, 0.4) is 0 Å². The molecule has 2 rings (SSSR count). The standard InChI is InChI=1S/C17H26BrNO/c1-12(20)15-6-5-14(11-16(15)18)19-9-7-13(8-10-19)17(2,3)4/h5-6,11-13,20H,7-10H2,1-4H3/t12-/m0/s1. The van der Waals surface area contributed by atoms with Gasteiger partial charge in [0.1, 0.15) is 0 Å². The van der Waals surface area contributed by atoms with Gasteiger partial charge in [0.2, 0.25) is 0 Å². The van der Waals surface area contributed by atoms with Crippen LogP contribution in [-0.2, 0) is 0 Å². The van der Waals surface area contributed by atoms with Crippen LogP contribution in [0.2, 0.25) is 0 Å². The van der Waals surface area contributed by atoms with E-state index in [2.05, 4.69) is 53.7 Å². The summed E-state index contributed by atoms with van der Waals surface area (Å²) >= 11 is 3.57. The Morgan fingerprint density at radius 3 is 2.30 bits per heavy atom. The van der Waals surface area contributed by atoms with E-state index in [4.69, 9.17) is 0 Å². The quantitative estimate of drug-likeness (QED) is 0.839. The lowest BCUT2D eigenvalue weighted by Crippen LogP contribution is -2.38. The van der Waals surface area contributed by atoms with E-state index in [9.17, 15) is 5.11 Å². The van der Waals surface area contributed by atoms with Crippen molar-refractivity contribution < 1.29 is 5.11 Å². The minimum absolute atomic E-state index is 0.419. The van der Waals surface area contributed by atoms with Crippen molar-refractivity contribution in [3.8, 4) is 0 Å². The largest absolute Gasteiger partial charge is 0.389 e. The molecule has 1 N–H and O–H groups in total. The first-order valence-corrected chi connectivity index (χ1v) is 8.31. The first-order chi connectivity index (χ1) is 9.29. The summed E-state index contributed by atoms with van der Waals surface area (Å²) in [5.74, 6) is 0.818. The summed E-state index contributed by atoms with van der Waals surface area (Å²) in [4.78, 5) is 2.46. The van der Waals surface area contributed by atoms with E-state index in [1.54, 1.807) is 6.92 Å². The minimum atomic E-state index is -0.426. The van der Waals surface area contributed by atoms with Gasteiger partial charge in [0.25, 0.3) is 0 Å². The Labute approximate surface area is 131 Å². The number of nitrogens with zero attached hydrogens (tertiary/aromatic N) is 1. The second kappa shape index (κ2) is 6.07. The van der Waals surface area contributed by atoms with Gasteiger partial charge in [-0.25, -0.2) is 0 Å². The van der Waals surface area contributed by atoms with Gasteiger partial charge in [0.05, 0.1) is 6.10 Å². The van der Waals surface area contributed by atoms with E-state index in [0.717, 1.165) is 29.0 Å². The van der Waals surface area contributed by atoms with Crippen LogP contribution in [-0.4, -0.2) is 18.2 Å². The number of hydrogen-bond donors (Lipinski definition) is 1. The van der Waals surface area contributed by atoms with Crippen molar-refractivity contribution in [2.24, 2.45) is 11.3 Å². The Hall–Kier alpha value is -0.540. The number of piperidine rings is 1. The fourth-order valence-corrected chi connectivity index (χ4v) is 3.75. The lowest BCUT2D eigenvalue weighted by molar-refractivity contribution is 0.197. The first-order valence-electron chi connectivity index (χ1n) is 7.51. The fraction of sp³-hybridized carbons (Fsp3) is 0.647. The SMILES string of the molecule is C[C@H](O)c1ccc(N2CCC(C(C)(C)C)CC2)cc1Br. The summed E-state index contributed by atoms with van der Waals surface area (Å²) in [6.07, 6.45) is 2.10. The van der Waals surface area contributed by atoms with Crippen LogP contribution in [0.1, 0.15) is 52.2 Å². The fourth-order valence-electron chi connectivity index (χ4n) is 3.06. The normalized spacial score (nSPS) is 19.2. The van der Waals surface area contributed by atoms with Gasteiger partial charge in [-0.3, -0.25) is 0 Å². The van der Waals surface area contributed by atoms with Gasteiger partial charge in [-0.15, -0.1) is 0 Å². The Bertz CT molecular complexity index is 457. The van der Waals surface area contributed by atoms with Gasteiger partial charge in [0.15, 0.2) is 0 Å². The molecule has 0 amide bonds. The van der Waals surface area contributed by atoms with Crippen LogP contribution >= 0.6 is 15.9 Å². The van der Waals surface area contributed by atoms with Gasteiger partial charge in [-0.1, -0.05) is 42.8 Å². The molecule has 20 heavy (non-hydrogen) atoms. The van der Waals surface area contributed by atoms with Gasteiger partial charge in [-0.2, -0.15) is 0 Å². The van der Waals surface area contributed by atoms with Gasteiger partial charge < -0.3 is 10.0 Å². The third kappa shape index (κ3) is 3.56. The molecule has 1 saturated heterocycles. The molecule has 1 aliphatic rings. The summed E-state index contributed by atoms with van der Waals surface area (Å²) in [5.41, 5.74) is 2.63. The molecule has 2 nitrogen and oxygen atoms in total. The molecule has 1 aliphatic heterocycles. The van der Waals surface area contributed by atoms with Crippen LogP contribution in [0.4, 0.5) is 5.69 Å². The lowest BCUT2D eigenvalue weighted by atomic mass is 9.75. The number of hydrogen-bond acceptors (Lipinski definition) is 2. The monoisotopic (exact) mass is 339 g/mol. The molecular formula is C17H26BrNO. The molecule has 0 saturated carbocycles. The number of benzene rings is 1. The van der Waals surface area contributed by atoms with Crippen LogP contribution in [0.5, 0.6) is 0 Å². The summed E-state index contributed by atoms with van der Waals surface area (Å²) in [5, 5.41) is 9.69. The van der Waals surface area contributed by atoms with E-state index in [1.807, 2.05) is 6.07 Å². The van der Waals surface area contributed by atoms with Crippen molar-refractivity contribution >= 4 is 21.6 Å². The van der Waals surface area contributed by atoms with Gasteiger partial charge in [0, 0.05) is 23.2 Å². The molecule has 1 aromatic carbocycles. The summed E-state index contributed by atoms with van der Waals surface area (Å²) in [7, 11) is 0. The number of aliphatic hydroxyl groups is 1. The smallest absolute Gasteiger partial charge is 0.0772 e. The molecule has 0 aliphatic carbocycles. The van der Waals surface area contributed by atoms with Crippen LogP contribution in [0.15, 0.2) is 22.7 Å². The van der Waals surface area contributed by atoms with E-state index >= 15 is 0 Å². The summed E-state index contributed by atoms with van der Waals surface area (Å²) in [6.45, 7) is 11.1. The highest BCUT2D eigenvalue weighted by molar-refractivity contribution is 9.10. The van der Waals surface area contributed by atoms with Crippen molar-refractivity contribution in [3.63, 3.8) is 0 Å². The van der Waals surface area contributed by atoms with Crippen molar-refractivity contribution in [1.29, 1.82) is 0 Å². The maximum atomic E-state index is 9.69. The third-order valence-electron chi connectivity index (χ3n) is 4.52. The predicted octanol–water partition coefficient (Wildman–Crippen LogP) is 4.76. The topological polar surface area (TPSA) is 23.5 Å². The molecular weight excluding hydrogens is 314 g/mol. The minimum Gasteiger partial charge on any atom is -0.389 e.